The van der Waals surface area contributed by atoms with Gasteiger partial charge < -0.3 is 10.4 Å². The maximum absolute atomic E-state index is 12.1. The van der Waals surface area contributed by atoms with Crippen molar-refractivity contribution in [2.75, 3.05) is 6.54 Å². The summed E-state index contributed by atoms with van der Waals surface area (Å²) in [5, 5.41) is 11.4. The highest BCUT2D eigenvalue weighted by Gasteiger charge is 2.31. The second kappa shape index (κ2) is 8.00. The van der Waals surface area contributed by atoms with Crippen LogP contribution in [0.4, 0.5) is 0 Å². The Hall–Kier alpha value is -1.59. The monoisotopic (exact) mass is 312 g/mol. The Balaban J connectivity index is 0.00000220. The minimum atomic E-state index is -1.01. The molecule has 1 heterocycles. The van der Waals surface area contributed by atoms with Gasteiger partial charge >= 0.3 is 5.97 Å². The molecule has 1 saturated heterocycles. The van der Waals surface area contributed by atoms with Crippen LogP contribution in [0.3, 0.4) is 0 Å². The Bertz CT molecular complexity index is 481. The molecule has 2 N–H and O–H groups in total. The van der Waals surface area contributed by atoms with E-state index in [-0.39, 0.29) is 24.4 Å². The van der Waals surface area contributed by atoms with Crippen LogP contribution < -0.4 is 5.32 Å². The predicted octanol–water partition coefficient (Wildman–Crippen LogP) is 1.66. The molecule has 21 heavy (non-hydrogen) atoms. The van der Waals surface area contributed by atoms with Gasteiger partial charge in [0.1, 0.15) is 6.04 Å². The van der Waals surface area contributed by atoms with E-state index in [1.54, 1.807) is 0 Å². The van der Waals surface area contributed by atoms with Gasteiger partial charge in [-0.15, -0.1) is 12.4 Å². The van der Waals surface area contributed by atoms with E-state index in [0.717, 1.165) is 25.9 Å². The van der Waals surface area contributed by atoms with Gasteiger partial charge in [-0.1, -0.05) is 30.3 Å². The number of amides is 1. The lowest BCUT2D eigenvalue weighted by molar-refractivity contribution is -0.142. The molecule has 0 radical (unpaired) electrons. The minimum absolute atomic E-state index is 0. The number of aliphatic carboxylic acids is 1. The van der Waals surface area contributed by atoms with Crippen LogP contribution in [0.2, 0.25) is 0 Å². The van der Waals surface area contributed by atoms with Crippen molar-refractivity contribution in [2.24, 2.45) is 0 Å². The number of halogens is 1. The number of carbonyl (C=O) groups is 2. The van der Waals surface area contributed by atoms with Gasteiger partial charge in [0, 0.05) is 6.54 Å². The highest BCUT2D eigenvalue weighted by atomic mass is 35.5. The van der Waals surface area contributed by atoms with E-state index in [4.69, 9.17) is 5.11 Å². The van der Waals surface area contributed by atoms with Crippen LogP contribution in [0.15, 0.2) is 30.3 Å². The van der Waals surface area contributed by atoms with Gasteiger partial charge in [-0.2, -0.15) is 0 Å². The molecule has 1 aliphatic heterocycles. The van der Waals surface area contributed by atoms with Crippen molar-refractivity contribution < 1.29 is 14.7 Å². The molecule has 0 aliphatic carbocycles. The Labute approximate surface area is 130 Å². The smallest absolute Gasteiger partial charge is 0.325 e. The van der Waals surface area contributed by atoms with E-state index in [9.17, 15) is 9.59 Å². The zero-order valence-electron chi connectivity index (χ0n) is 12.0. The van der Waals surface area contributed by atoms with Gasteiger partial charge in [-0.3, -0.25) is 14.5 Å². The molecule has 1 aromatic rings. The Morgan fingerprint density at radius 1 is 1.38 bits per heavy atom. The lowest BCUT2D eigenvalue weighted by atomic mass is 10.1. The summed E-state index contributed by atoms with van der Waals surface area (Å²) in [6, 6.07) is 8.92. The normalized spacial score (nSPS) is 19.6. The zero-order valence-corrected chi connectivity index (χ0v) is 12.8. The minimum Gasteiger partial charge on any atom is -0.480 e. The largest absolute Gasteiger partial charge is 0.480 e. The first-order chi connectivity index (χ1) is 9.58. The number of carboxylic acids is 1. The van der Waals surface area contributed by atoms with Gasteiger partial charge in [0.25, 0.3) is 0 Å². The summed E-state index contributed by atoms with van der Waals surface area (Å²) in [7, 11) is 0. The van der Waals surface area contributed by atoms with Crippen molar-refractivity contribution in [3.05, 3.63) is 35.9 Å². The van der Waals surface area contributed by atoms with E-state index in [1.807, 2.05) is 30.3 Å². The van der Waals surface area contributed by atoms with E-state index in [0.29, 0.717) is 0 Å². The number of carboxylic acid groups (broad SMARTS) is 1. The van der Waals surface area contributed by atoms with Gasteiger partial charge in [-0.25, -0.2) is 0 Å². The molecule has 0 spiro atoms. The number of nitrogens with one attached hydrogen (secondary N) is 1. The van der Waals surface area contributed by atoms with Crippen molar-refractivity contribution >= 4 is 24.3 Å². The van der Waals surface area contributed by atoms with Crippen molar-refractivity contribution in [1.82, 2.24) is 10.2 Å². The van der Waals surface area contributed by atoms with Crippen LogP contribution in [0.1, 0.15) is 25.3 Å². The summed E-state index contributed by atoms with van der Waals surface area (Å²) in [5.74, 6) is -1.20. The first-order valence-electron chi connectivity index (χ1n) is 6.89. The molecule has 6 heteroatoms. The number of hydrogen-bond donors (Lipinski definition) is 2. The second-order valence-electron chi connectivity index (χ2n) is 5.18. The van der Waals surface area contributed by atoms with Gasteiger partial charge in [0.15, 0.2) is 0 Å². The summed E-state index contributed by atoms with van der Waals surface area (Å²) >= 11 is 0. The summed E-state index contributed by atoms with van der Waals surface area (Å²) < 4.78 is 0. The molecular weight excluding hydrogens is 292 g/mol. The molecule has 1 aromatic carbocycles. The number of hydrogen-bond acceptors (Lipinski definition) is 3. The SMILES string of the molecule is C[C@H](NC(=O)C1CCCN1Cc1ccccc1)C(=O)O.Cl. The van der Waals surface area contributed by atoms with Gasteiger partial charge in [0.2, 0.25) is 5.91 Å². The molecule has 1 amide bonds. The number of likely N-dealkylation sites (tertiary alicyclic amines) is 1. The molecule has 2 rings (SSSR count). The summed E-state index contributed by atoms with van der Waals surface area (Å²) in [4.78, 5) is 25.0. The van der Waals surface area contributed by atoms with E-state index >= 15 is 0 Å². The summed E-state index contributed by atoms with van der Waals surface area (Å²) in [5.41, 5.74) is 1.17. The Morgan fingerprint density at radius 3 is 2.67 bits per heavy atom. The fourth-order valence-corrected chi connectivity index (χ4v) is 2.50. The fraction of sp³-hybridized carbons (Fsp3) is 0.467. The molecule has 1 aliphatic rings. The zero-order chi connectivity index (χ0) is 14.5. The number of carbonyl (C=O) groups excluding carboxylic acids is 1. The third-order valence-corrected chi connectivity index (χ3v) is 3.62. The quantitative estimate of drug-likeness (QED) is 0.867. The van der Waals surface area contributed by atoms with Crippen LogP contribution in [0.5, 0.6) is 0 Å². The Morgan fingerprint density at radius 2 is 2.05 bits per heavy atom. The fourth-order valence-electron chi connectivity index (χ4n) is 2.50. The topological polar surface area (TPSA) is 69.6 Å². The number of benzene rings is 1. The second-order valence-corrected chi connectivity index (χ2v) is 5.18. The first-order valence-corrected chi connectivity index (χ1v) is 6.89. The van der Waals surface area contributed by atoms with E-state index < -0.39 is 12.0 Å². The molecule has 0 bridgehead atoms. The molecule has 1 fully saturated rings. The molecule has 116 valence electrons. The molecule has 5 nitrogen and oxygen atoms in total. The lowest BCUT2D eigenvalue weighted by Gasteiger charge is -2.24. The molecule has 0 saturated carbocycles. The van der Waals surface area contributed by atoms with Crippen LogP contribution in [-0.2, 0) is 16.1 Å². The van der Waals surface area contributed by atoms with Crippen LogP contribution in [-0.4, -0.2) is 40.5 Å². The molecule has 2 atom stereocenters. The maximum atomic E-state index is 12.1. The van der Waals surface area contributed by atoms with Crippen molar-refractivity contribution in [2.45, 2.75) is 38.4 Å². The standard InChI is InChI=1S/C15H20N2O3.ClH/c1-11(15(19)20)16-14(18)13-8-5-9-17(13)10-12-6-3-2-4-7-12;/h2-4,6-7,11,13H,5,8-10H2,1H3,(H,16,18)(H,19,20);1H/t11-,13?;/m0./s1. The summed E-state index contributed by atoms with van der Waals surface area (Å²) in [6.45, 7) is 3.07. The highest BCUT2D eigenvalue weighted by Crippen LogP contribution is 2.20. The average molecular weight is 313 g/mol. The lowest BCUT2D eigenvalue weighted by Crippen LogP contribution is -2.48. The van der Waals surface area contributed by atoms with Crippen LogP contribution in [0.25, 0.3) is 0 Å². The van der Waals surface area contributed by atoms with Crippen LogP contribution in [0, 0.1) is 0 Å². The Kier molecular flexibility index (Phi) is 6.65. The van der Waals surface area contributed by atoms with Gasteiger partial charge in [-0.05, 0) is 31.9 Å². The van der Waals surface area contributed by atoms with Crippen molar-refractivity contribution in [1.29, 1.82) is 0 Å². The van der Waals surface area contributed by atoms with Gasteiger partial charge in [0.05, 0.1) is 6.04 Å². The number of nitrogens with zero attached hydrogens (tertiary/aromatic N) is 1. The molecule has 0 aromatic heterocycles. The van der Waals surface area contributed by atoms with E-state index in [1.165, 1.54) is 12.5 Å². The maximum Gasteiger partial charge on any atom is 0.325 e. The molecular formula is C15H21ClN2O3. The first kappa shape index (κ1) is 17.5. The average Bonchev–Trinajstić information content (AvgIpc) is 2.88. The summed E-state index contributed by atoms with van der Waals surface area (Å²) in [6.07, 6.45) is 1.75. The van der Waals surface area contributed by atoms with Crippen molar-refractivity contribution in [3.8, 4) is 0 Å². The van der Waals surface area contributed by atoms with E-state index in [2.05, 4.69) is 10.2 Å². The third-order valence-electron chi connectivity index (χ3n) is 3.62. The predicted molar refractivity (Wildman–Crippen MR) is 82.4 cm³/mol. The third kappa shape index (κ3) is 4.72. The highest BCUT2D eigenvalue weighted by molar-refractivity contribution is 5.86. The molecule has 1 unspecified atom stereocenters. The van der Waals surface area contributed by atoms with Crippen molar-refractivity contribution in [3.63, 3.8) is 0 Å². The number of rotatable bonds is 5. The van der Waals surface area contributed by atoms with Crippen LogP contribution >= 0.6 is 12.4 Å².